The first-order valence-electron chi connectivity index (χ1n) is 6.66. The Kier molecular flexibility index (Phi) is 6.64. The van der Waals surface area contributed by atoms with Crippen LogP contribution in [-0.4, -0.2) is 6.04 Å². The summed E-state index contributed by atoms with van der Waals surface area (Å²) in [7, 11) is 0. The summed E-state index contributed by atoms with van der Waals surface area (Å²) in [5.74, 6) is 0. The van der Waals surface area contributed by atoms with Gasteiger partial charge >= 0.3 is 0 Å². The summed E-state index contributed by atoms with van der Waals surface area (Å²) in [5, 5.41) is 3.56. The van der Waals surface area contributed by atoms with Crippen molar-refractivity contribution in [2.45, 2.75) is 58.9 Å². The largest absolute Gasteiger partial charge is 0.383 e. The molecule has 0 saturated heterocycles. The molecule has 96 valence electrons. The topological polar surface area (TPSA) is 12.0 Å². The van der Waals surface area contributed by atoms with Crippen LogP contribution in [0.5, 0.6) is 0 Å². The minimum absolute atomic E-state index is 0.557. The lowest BCUT2D eigenvalue weighted by molar-refractivity contribution is 0.594. The molecule has 0 bridgehead atoms. The number of unbranched alkanes of at least 4 members (excludes halogenated alkanes) is 3. The minimum atomic E-state index is 0.557. The van der Waals surface area contributed by atoms with E-state index in [2.05, 4.69) is 60.2 Å². The van der Waals surface area contributed by atoms with Gasteiger partial charge in [-0.25, -0.2) is 0 Å². The first-order valence-corrected chi connectivity index (χ1v) is 7.45. The van der Waals surface area contributed by atoms with Crippen LogP contribution in [0, 0.1) is 6.92 Å². The molecule has 0 saturated carbocycles. The van der Waals surface area contributed by atoms with Crippen LogP contribution in [0.1, 0.15) is 51.5 Å². The van der Waals surface area contributed by atoms with Crippen molar-refractivity contribution in [1.82, 2.24) is 0 Å². The fourth-order valence-corrected chi connectivity index (χ4v) is 2.30. The average molecular weight is 298 g/mol. The molecule has 1 N–H and O–H groups in total. The molecular weight excluding hydrogens is 274 g/mol. The maximum absolute atomic E-state index is 3.57. The van der Waals surface area contributed by atoms with E-state index < -0.39 is 0 Å². The lowest BCUT2D eigenvalue weighted by atomic mass is 10.1. The van der Waals surface area contributed by atoms with E-state index in [1.807, 2.05) is 0 Å². The third kappa shape index (κ3) is 5.58. The van der Waals surface area contributed by atoms with Crippen LogP contribution in [0.15, 0.2) is 22.7 Å². The number of halogens is 1. The van der Waals surface area contributed by atoms with Crippen molar-refractivity contribution in [3.8, 4) is 0 Å². The minimum Gasteiger partial charge on any atom is -0.383 e. The molecule has 0 fully saturated rings. The summed E-state index contributed by atoms with van der Waals surface area (Å²) in [4.78, 5) is 0. The number of benzene rings is 1. The van der Waals surface area contributed by atoms with Gasteiger partial charge in [0.2, 0.25) is 0 Å². The lowest BCUT2D eigenvalue weighted by Crippen LogP contribution is -2.14. The van der Waals surface area contributed by atoms with E-state index in [-0.39, 0.29) is 0 Å². The molecule has 1 atom stereocenters. The van der Waals surface area contributed by atoms with Gasteiger partial charge in [-0.3, -0.25) is 0 Å². The van der Waals surface area contributed by atoms with Crippen molar-refractivity contribution in [2.75, 3.05) is 5.32 Å². The second kappa shape index (κ2) is 7.75. The summed E-state index contributed by atoms with van der Waals surface area (Å²) >= 11 is 3.57. The molecule has 2 heteroatoms. The second-order valence-corrected chi connectivity index (χ2v) is 5.71. The Hall–Kier alpha value is -0.500. The molecule has 1 unspecified atom stereocenters. The average Bonchev–Trinajstić information content (AvgIpc) is 2.30. The van der Waals surface area contributed by atoms with Gasteiger partial charge in [0.1, 0.15) is 0 Å². The quantitative estimate of drug-likeness (QED) is 0.653. The zero-order valence-corrected chi connectivity index (χ0v) is 12.8. The van der Waals surface area contributed by atoms with Crippen LogP contribution >= 0.6 is 15.9 Å². The van der Waals surface area contributed by atoms with Gasteiger partial charge < -0.3 is 5.32 Å². The highest BCUT2D eigenvalue weighted by atomic mass is 79.9. The molecule has 0 amide bonds. The van der Waals surface area contributed by atoms with Gasteiger partial charge in [-0.1, -0.05) is 54.6 Å². The number of aryl methyl sites for hydroxylation is 1. The Bertz CT molecular complexity index is 336. The highest BCUT2D eigenvalue weighted by molar-refractivity contribution is 9.10. The highest BCUT2D eigenvalue weighted by Crippen LogP contribution is 2.21. The van der Waals surface area contributed by atoms with E-state index in [1.165, 1.54) is 47.8 Å². The first kappa shape index (κ1) is 14.6. The summed E-state index contributed by atoms with van der Waals surface area (Å²) in [6.45, 7) is 6.63. The van der Waals surface area contributed by atoms with Gasteiger partial charge in [-0.05, 0) is 38.0 Å². The fraction of sp³-hybridized carbons (Fsp3) is 0.600. The Labute approximate surface area is 114 Å². The molecule has 0 aromatic heterocycles. The van der Waals surface area contributed by atoms with Crippen LogP contribution in [0.4, 0.5) is 5.69 Å². The first-order chi connectivity index (χ1) is 8.13. The van der Waals surface area contributed by atoms with Crippen molar-refractivity contribution >= 4 is 21.6 Å². The molecule has 1 aromatic rings. The Balaban J connectivity index is 2.34. The van der Waals surface area contributed by atoms with Crippen molar-refractivity contribution in [1.29, 1.82) is 0 Å². The molecule has 0 aliphatic heterocycles. The van der Waals surface area contributed by atoms with Crippen LogP contribution < -0.4 is 5.32 Å². The van der Waals surface area contributed by atoms with Crippen molar-refractivity contribution < 1.29 is 0 Å². The molecular formula is C15H24BrN. The Morgan fingerprint density at radius 1 is 1.24 bits per heavy atom. The number of nitrogens with one attached hydrogen (secondary N) is 1. The van der Waals surface area contributed by atoms with Gasteiger partial charge in [-0.2, -0.15) is 0 Å². The molecule has 0 aliphatic carbocycles. The Morgan fingerprint density at radius 2 is 2.00 bits per heavy atom. The highest BCUT2D eigenvalue weighted by Gasteiger charge is 2.03. The van der Waals surface area contributed by atoms with Gasteiger partial charge in [-0.15, -0.1) is 0 Å². The van der Waals surface area contributed by atoms with E-state index in [1.54, 1.807) is 0 Å². The third-order valence-electron chi connectivity index (χ3n) is 3.08. The van der Waals surface area contributed by atoms with Crippen molar-refractivity contribution in [3.63, 3.8) is 0 Å². The summed E-state index contributed by atoms with van der Waals surface area (Å²) in [6.07, 6.45) is 6.62. The molecule has 1 nitrogen and oxygen atoms in total. The predicted molar refractivity (Wildman–Crippen MR) is 80.7 cm³/mol. The molecule has 1 rings (SSSR count). The van der Waals surface area contributed by atoms with Crippen molar-refractivity contribution in [2.24, 2.45) is 0 Å². The van der Waals surface area contributed by atoms with Gasteiger partial charge in [0.25, 0.3) is 0 Å². The van der Waals surface area contributed by atoms with Crippen LogP contribution in [0.2, 0.25) is 0 Å². The molecule has 0 spiro atoms. The molecule has 0 radical (unpaired) electrons. The van der Waals surface area contributed by atoms with E-state index in [4.69, 9.17) is 0 Å². The van der Waals surface area contributed by atoms with Crippen LogP contribution in [0.3, 0.4) is 0 Å². The third-order valence-corrected chi connectivity index (χ3v) is 3.93. The van der Waals surface area contributed by atoms with Gasteiger partial charge in [0, 0.05) is 16.2 Å². The molecule has 1 aromatic carbocycles. The second-order valence-electron chi connectivity index (χ2n) is 4.86. The van der Waals surface area contributed by atoms with Crippen LogP contribution in [-0.2, 0) is 0 Å². The Morgan fingerprint density at radius 3 is 2.65 bits per heavy atom. The molecule has 17 heavy (non-hydrogen) atoms. The lowest BCUT2D eigenvalue weighted by Gasteiger charge is -2.15. The van der Waals surface area contributed by atoms with Crippen LogP contribution in [0.25, 0.3) is 0 Å². The van der Waals surface area contributed by atoms with Gasteiger partial charge in [0.15, 0.2) is 0 Å². The summed E-state index contributed by atoms with van der Waals surface area (Å²) in [5.41, 5.74) is 2.50. The van der Waals surface area contributed by atoms with Crippen molar-refractivity contribution in [3.05, 3.63) is 28.2 Å². The van der Waals surface area contributed by atoms with E-state index in [9.17, 15) is 0 Å². The van der Waals surface area contributed by atoms with Gasteiger partial charge in [0.05, 0.1) is 0 Å². The normalized spacial score (nSPS) is 12.5. The number of rotatable bonds is 7. The maximum Gasteiger partial charge on any atom is 0.0353 e. The number of anilines is 1. The number of hydrogen-bond acceptors (Lipinski definition) is 1. The van der Waals surface area contributed by atoms with E-state index in [0.717, 1.165) is 0 Å². The summed E-state index contributed by atoms with van der Waals surface area (Å²) < 4.78 is 1.18. The van der Waals surface area contributed by atoms with E-state index >= 15 is 0 Å². The smallest absolute Gasteiger partial charge is 0.0353 e. The zero-order valence-electron chi connectivity index (χ0n) is 11.2. The molecule has 0 aliphatic rings. The standard InChI is InChI=1S/C15H24BrN/c1-4-5-6-7-8-13(3)17-14-10-9-12(2)15(16)11-14/h9-11,13,17H,4-8H2,1-3H3. The SMILES string of the molecule is CCCCCCC(C)Nc1ccc(C)c(Br)c1. The zero-order chi connectivity index (χ0) is 12.7. The predicted octanol–water partition coefficient (Wildman–Crippen LogP) is 5.53. The molecule has 0 heterocycles. The number of hydrogen-bond donors (Lipinski definition) is 1. The fourth-order valence-electron chi connectivity index (χ4n) is 1.92. The summed E-state index contributed by atoms with van der Waals surface area (Å²) in [6, 6.07) is 7.03. The monoisotopic (exact) mass is 297 g/mol. The maximum atomic E-state index is 3.57. The van der Waals surface area contributed by atoms with E-state index in [0.29, 0.717) is 6.04 Å².